The second-order valence-electron chi connectivity index (χ2n) is 7.94. The average Bonchev–Trinajstić information content (AvgIpc) is 3.13. The van der Waals surface area contributed by atoms with Crippen LogP contribution in [0.2, 0.25) is 0 Å². The SMILES string of the molecule is COc1ccc(C2=CC=C3[C@@H](OOC(C)(C)C)CCC[C@]23C)cc1.[C-]#[O+].[C-]#[O+].[C-]#[O+].[Fe]. The first-order valence-electron chi connectivity index (χ1n) is 9.36. The third-order valence-electron chi connectivity index (χ3n) is 4.97. The van der Waals surface area contributed by atoms with E-state index in [1.165, 1.54) is 16.7 Å². The molecule has 0 radical (unpaired) electrons. The topological polar surface area (TPSA) is 87.4 Å². The molecule has 2 aliphatic carbocycles. The van der Waals surface area contributed by atoms with Gasteiger partial charge in [0.05, 0.1) is 12.7 Å². The molecular weight excluding hydrogens is 440 g/mol. The molecule has 1 fully saturated rings. The predicted molar refractivity (Wildman–Crippen MR) is 109 cm³/mol. The standard InChI is InChI=1S/C21H28O3.3CO.Fe/c1-20(2,3)24-23-19-7-6-14-21(4)17(12-13-18(19)21)15-8-10-16(22-5)11-9-15;3*1-2;/h8-13,19H,6-7,14H2,1-5H3;;;;/t19-,21+;;;;/m0..../s1. The second kappa shape index (κ2) is 15.0. The molecule has 7 heteroatoms. The number of hydrogen-bond acceptors (Lipinski definition) is 3. The number of methoxy groups -OCH3 is 1. The van der Waals surface area contributed by atoms with Crippen LogP contribution in [0.3, 0.4) is 0 Å². The Hall–Kier alpha value is -1.84. The van der Waals surface area contributed by atoms with Crippen LogP contribution in [-0.4, -0.2) is 18.8 Å². The van der Waals surface area contributed by atoms with Crippen LogP contribution in [0, 0.1) is 25.4 Å². The van der Waals surface area contributed by atoms with Crippen LogP contribution in [0.1, 0.15) is 52.5 Å². The fraction of sp³-hybridized carbons (Fsp3) is 0.458. The van der Waals surface area contributed by atoms with Crippen LogP contribution in [0.25, 0.3) is 5.57 Å². The van der Waals surface area contributed by atoms with Gasteiger partial charge in [0.15, 0.2) is 0 Å². The van der Waals surface area contributed by atoms with Crippen molar-refractivity contribution in [3.63, 3.8) is 0 Å². The van der Waals surface area contributed by atoms with Gasteiger partial charge in [0.25, 0.3) is 0 Å². The molecule has 1 saturated carbocycles. The maximum Gasteiger partial charge on any atom is 0 e. The summed E-state index contributed by atoms with van der Waals surface area (Å²) in [6.07, 6.45) is 7.81. The van der Waals surface area contributed by atoms with Gasteiger partial charge in [-0.15, -0.1) is 0 Å². The van der Waals surface area contributed by atoms with Crippen LogP contribution in [0.15, 0.2) is 42.0 Å². The van der Waals surface area contributed by atoms with E-state index in [0.717, 1.165) is 25.0 Å². The van der Waals surface area contributed by atoms with E-state index in [2.05, 4.69) is 51.2 Å². The summed E-state index contributed by atoms with van der Waals surface area (Å²) in [4.78, 5) is 11.4. The molecule has 0 amide bonds. The summed E-state index contributed by atoms with van der Waals surface area (Å²) in [5, 5.41) is 0. The maximum absolute atomic E-state index is 7.50. The second-order valence-corrected chi connectivity index (χ2v) is 7.94. The van der Waals surface area contributed by atoms with Crippen molar-refractivity contribution in [3.05, 3.63) is 67.5 Å². The molecule has 0 heterocycles. The number of rotatable bonds is 4. The first-order chi connectivity index (χ1) is 14.3. The number of benzene rings is 1. The van der Waals surface area contributed by atoms with Crippen molar-refractivity contribution < 1.29 is 45.5 Å². The summed E-state index contributed by atoms with van der Waals surface area (Å²) in [5.74, 6) is 0.888. The molecule has 0 aromatic heterocycles. The first kappa shape index (κ1) is 31.3. The number of allylic oxidation sites excluding steroid dienone is 3. The molecular formula is C24H28FeO6. The zero-order valence-corrected chi connectivity index (χ0v) is 19.6. The van der Waals surface area contributed by atoms with E-state index < -0.39 is 0 Å². The molecule has 168 valence electrons. The fourth-order valence-electron chi connectivity index (χ4n) is 3.72. The summed E-state index contributed by atoms with van der Waals surface area (Å²) in [6, 6.07) is 8.33. The van der Waals surface area contributed by atoms with Crippen molar-refractivity contribution in [3.8, 4) is 5.75 Å². The van der Waals surface area contributed by atoms with Crippen molar-refractivity contribution >= 4 is 5.57 Å². The fourth-order valence-corrected chi connectivity index (χ4v) is 3.72. The molecule has 31 heavy (non-hydrogen) atoms. The molecule has 6 nitrogen and oxygen atoms in total. The van der Waals surface area contributed by atoms with Gasteiger partial charge < -0.3 is 4.74 Å². The van der Waals surface area contributed by atoms with E-state index in [-0.39, 0.29) is 34.2 Å². The maximum atomic E-state index is 7.50. The van der Waals surface area contributed by atoms with Gasteiger partial charge in [-0.25, -0.2) is 9.78 Å². The van der Waals surface area contributed by atoms with E-state index in [9.17, 15) is 0 Å². The van der Waals surface area contributed by atoms with E-state index in [1.54, 1.807) is 7.11 Å². The molecule has 0 aliphatic heterocycles. The number of fused-ring (bicyclic) bond motifs is 1. The van der Waals surface area contributed by atoms with Gasteiger partial charge in [0.1, 0.15) is 11.9 Å². The Balaban J connectivity index is 0. The van der Waals surface area contributed by atoms with E-state index in [0.29, 0.717) is 0 Å². The van der Waals surface area contributed by atoms with Crippen LogP contribution < -0.4 is 4.74 Å². The number of hydrogen-bond donors (Lipinski definition) is 0. The van der Waals surface area contributed by atoms with Crippen molar-refractivity contribution in [1.82, 2.24) is 0 Å². The van der Waals surface area contributed by atoms with Crippen LogP contribution >= 0.6 is 0 Å². The van der Waals surface area contributed by atoms with Gasteiger partial charge in [-0.3, -0.25) is 0 Å². The molecule has 2 atom stereocenters. The summed E-state index contributed by atoms with van der Waals surface area (Å²) >= 11 is 0. The zero-order chi connectivity index (χ0) is 23.4. The smallest absolute Gasteiger partial charge is 0 e. The largest absolute Gasteiger partial charge is 0 e. The monoisotopic (exact) mass is 468 g/mol. The van der Waals surface area contributed by atoms with Crippen molar-refractivity contribution in [2.75, 3.05) is 7.11 Å². The Morgan fingerprint density at radius 3 is 2.00 bits per heavy atom. The summed E-state index contributed by atoms with van der Waals surface area (Å²) in [6.45, 7) is 21.9. The quantitative estimate of drug-likeness (QED) is 0.200. The zero-order valence-electron chi connectivity index (χ0n) is 18.5. The van der Waals surface area contributed by atoms with Crippen molar-refractivity contribution in [2.24, 2.45) is 5.41 Å². The molecule has 2 aliphatic rings. The normalized spacial score (nSPS) is 20.8. The van der Waals surface area contributed by atoms with Crippen LogP contribution in [-0.2, 0) is 40.8 Å². The Morgan fingerprint density at radius 2 is 1.52 bits per heavy atom. The van der Waals surface area contributed by atoms with Crippen LogP contribution in [0.5, 0.6) is 5.75 Å². The minimum absolute atomic E-state index is 0. The molecule has 0 unspecified atom stereocenters. The average molecular weight is 468 g/mol. The minimum Gasteiger partial charge on any atom is 0 e. The molecule has 0 spiro atoms. The molecule has 0 saturated heterocycles. The first-order valence-corrected chi connectivity index (χ1v) is 9.36. The third kappa shape index (κ3) is 8.31. The van der Waals surface area contributed by atoms with E-state index >= 15 is 0 Å². The van der Waals surface area contributed by atoms with Crippen molar-refractivity contribution in [1.29, 1.82) is 0 Å². The number of ether oxygens (including phenoxy) is 1. The van der Waals surface area contributed by atoms with Crippen LogP contribution in [0.4, 0.5) is 0 Å². The minimum atomic E-state index is -0.292. The molecule has 0 N–H and O–H groups in total. The van der Waals surface area contributed by atoms with Gasteiger partial charge in [0, 0.05) is 22.5 Å². The van der Waals surface area contributed by atoms with Gasteiger partial charge in [-0.1, -0.05) is 31.2 Å². The summed E-state index contributed by atoms with van der Waals surface area (Å²) in [5.41, 5.74) is 3.69. The summed E-state index contributed by atoms with van der Waals surface area (Å²) < 4.78 is 27.8. The van der Waals surface area contributed by atoms with Gasteiger partial charge in [-0.2, -0.15) is 0 Å². The van der Waals surface area contributed by atoms with Gasteiger partial charge >= 0.3 is 33.9 Å². The Kier molecular flexibility index (Phi) is 15.2. The van der Waals surface area contributed by atoms with Gasteiger partial charge in [-0.05, 0) is 68.9 Å². The Labute approximate surface area is 195 Å². The van der Waals surface area contributed by atoms with E-state index in [1.807, 2.05) is 32.9 Å². The molecule has 0 bridgehead atoms. The Morgan fingerprint density at radius 1 is 0.968 bits per heavy atom. The summed E-state index contributed by atoms with van der Waals surface area (Å²) in [7, 11) is 1.70. The Bertz CT molecular complexity index is 769. The molecule has 3 rings (SSSR count). The van der Waals surface area contributed by atoms with E-state index in [4.69, 9.17) is 28.5 Å². The van der Waals surface area contributed by atoms with Crippen molar-refractivity contribution in [2.45, 2.75) is 58.7 Å². The molecule has 1 aromatic rings. The van der Waals surface area contributed by atoms with Gasteiger partial charge in [0.2, 0.25) is 0 Å². The predicted octanol–water partition coefficient (Wildman–Crippen LogP) is 5.21. The third-order valence-corrected chi connectivity index (χ3v) is 4.97. The molecule has 1 aromatic carbocycles.